The van der Waals surface area contributed by atoms with Crippen LogP contribution in [0.1, 0.15) is 43.0 Å². The van der Waals surface area contributed by atoms with E-state index in [1.54, 1.807) is 54.6 Å². The molecule has 0 aliphatic rings. The van der Waals surface area contributed by atoms with Crippen LogP contribution in [0.2, 0.25) is 10.0 Å². The summed E-state index contributed by atoms with van der Waals surface area (Å²) in [5.41, 5.74) is 2.80. The summed E-state index contributed by atoms with van der Waals surface area (Å²) in [4.78, 5) is 30.0. The van der Waals surface area contributed by atoms with Crippen LogP contribution in [-0.2, 0) is 32.6 Å². The number of carbonyl (C=O) groups is 2. The van der Waals surface area contributed by atoms with Crippen molar-refractivity contribution in [1.29, 1.82) is 0 Å². The third-order valence-corrected chi connectivity index (χ3v) is 9.87. The van der Waals surface area contributed by atoms with Gasteiger partial charge in [0.1, 0.15) is 12.6 Å². The van der Waals surface area contributed by atoms with Crippen LogP contribution >= 0.6 is 23.2 Å². The molecule has 0 saturated heterocycles. The van der Waals surface area contributed by atoms with Crippen LogP contribution in [0.4, 0.5) is 5.69 Å². The molecule has 0 unspecified atom stereocenters. The van der Waals surface area contributed by atoms with Crippen LogP contribution in [0.15, 0.2) is 102 Å². The van der Waals surface area contributed by atoms with Crippen molar-refractivity contribution in [3.63, 3.8) is 0 Å². The summed E-state index contributed by atoms with van der Waals surface area (Å²) in [6.07, 6.45) is 0.172. The summed E-state index contributed by atoms with van der Waals surface area (Å²) in [7, 11) is -4.20. The van der Waals surface area contributed by atoms with E-state index in [2.05, 4.69) is 5.32 Å². The Morgan fingerprint density at radius 3 is 1.87 bits per heavy atom. The predicted octanol–water partition coefficient (Wildman–Crippen LogP) is 7.36. The monoisotopic (exact) mass is 679 g/mol. The minimum absolute atomic E-state index is 0.0403. The van der Waals surface area contributed by atoms with Crippen LogP contribution in [-0.4, -0.2) is 43.3 Å². The van der Waals surface area contributed by atoms with E-state index >= 15 is 0 Å². The van der Waals surface area contributed by atoms with E-state index in [1.165, 1.54) is 17.0 Å². The Morgan fingerprint density at radius 1 is 0.783 bits per heavy atom. The van der Waals surface area contributed by atoms with E-state index in [1.807, 2.05) is 65.0 Å². The highest BCUT2D eigenvalue weighted by atomic mass is 35.5. The first-order chi connectivity index (χ1) is 21.7. The van der Waals surface area contributed by atoms with E-state index in [0.717, 1.165) is 21.0 Å². The third-order valence-electron chi connectivity index (χ3n) is 7.37. The topological polar surface area (TPSA) is 86.8 Å². The van der Waals surface area contributed by atoms with Gasteiger partial charge in [-0.2, -0.15) is 0 Å². The number of carbonyl (C=O) groups excluding carboxylic acids is 2. The highest BCUT2D eigenvalue weighted by Crippen LogP contribution is 2.29. The molecule has 0 spiro atoms. The summed E-state index contributed by atoms with van der Waals surface area (Å²) in [6.45, 7) is 8.63. The van der Waals surface area contributed by atoms with Crippen molar-refractivity contribution in [2.75, 3.05) is 10.8 Å². The Bertz CT molecular complexity index is 1750. The second kappa shape index (κ2) is 14.7. The summed E-state index contributed by atoms with van der Waals surface area (Å²) in [5, 5.41) is 3.66. The van der Waals surface area contributed by atoms with Crippen LogP contribution in [0.3, 0.4) is 0 Å². The second-order valence-corrected chi connectivity index (χ2v) is 15.0. The molecular formula is C36H39Cl2N3O4S. The van der Waals surface area contributed by atoms with Crippen molar-refractivity contribution in [2.45, 2.75) is 64.1 Å². The lowest BCUT2D eigenvalue weighted by atomic mass is 10.0. The number of nitrogens with zero attached hydrogens (tertiary/aromatic N) is 2. The molecule has 0 aliphatic carbocycles. The lowest BCUT2D eigenvalue weighted by molar-refractivity contribution is -0.140. The fourth-order valence-corrected chi connectivity index (χ4v) is 6.87. The number of hydrogen-bond acceptors (Lipinski definition) is 4. The van der Waals surface area contributed by atoms with Crippen molar-refractivity contribution in [1.82, 2.24) is 10.2 Å². The van der Waals surface area contributed by atoms with E-state index in [4.69, 9.17) is 23.2 Å². The highest BCUT2D eigenvalue weighted by Gasteiger charge is 2.36. The van der Waals surface area contributed by atoms with Gasteiger partial charge in [-0.15, -0.1) is 0 Å². The summed E-state index contributed by atoms with van der Waals surface area (Å²) >= 11 is 13.2. The molecule has 10 heteroatoms. The maximum atomic E-state index is 14.6. The van der Waals surface area contributed by atoms with Gasteiger partial charge in [0.25, 0.3) is 10.0 Å². The molecular weight excluding hydrogens is 641 g/mol. The normalized spacial score (nSPS) is 12.3. The standard InChI is InChI=1S/C36H39Cl2N3O4S/c1-25-14-18-28(19-15-25)41(46(44,45)29-20-16-26(2)17-21-29)24-34(42)40(23-30-31(37)12-9-13-32(30)38)33(35(43)39-36(3,4)5)22-27-10-7-6-8-11-27/h6-21,33H,22-24H2,1-5H3,(H,39,43)/t33-/m0/s1. The number of hydrogen-bond donors (Lipinski definition) is 1. The van der Waals surface area contributed by atoms with E-state index < -0.39 is 40.0 Å². The summed E-state index contributed by atoms with van der Waals surface area (Å²) < 4.78 is 29.4. The van der Waals surface area contributed by atoms with Gasteiger partial charge in [-0.25, -0.2) is 8.42 Å². The molecule has 0 radical (unpaired) electrons. The van der Waals surface area contributed by atoms with Crippen molar-refractivity contribution in [3.05, 3.63) is 129 Å². The Labute approximate surface area is 282 Å². The van der Waals surface area contributed by atoms with Gasteiger partial charge in [-0.05, 0) is 76.6 Å². The molecule has 0 bridgehead atoms. The summed E-state index contributed by atoms with van der Waals surface area (Å²) in [5.74, 6) is -0.992. The van der Waals surface area contributed by atoms with Crippen LogP contribution < -0.4 is 9.62 Å². The average molecular weight is 681 g/mol. The highest BCUT2D eigenvalue weighted by molar-refractivity contribution is 7.92. The molecule has 1 N–H and O–H groups in total. The van der Waals surface area contributed by atoms with Gasteiger partial charge < -0.3 is 10.2 Å². The molecule has 0 saturated carbocycles. The predicted molar refractivity (Wildman–Crippen MR) is 186 cm³/mol. The Kier molecular flexibility index (Phi) is 11.2. The molecule has 7 nitrogen and oxygen atoms in total. The van der Waals surface area contributed by atoms with E-state index in [0.29, 0.717) is 21.3 Å². The first kappa shape index (κ1) is 35.0. The first-order valence-electron chi connectivity index (χ1n) is 14.9. The quantitative estimate of drug-likeness (QED) is 0.179. The number of halogens is 2. The molecule has 4 rings (SSSR count). The van der Waals surface area contributed by atoms with Gasteiger partial charge in [0, 0.05) is 34.1 Å². The van der Waals surface area contributed by atoms with Crippen molar-refractivity contribution < 1.29 is 18.0 Å². The van der Waals surface area contributed by atoms with E-state index in [9.17, 15) is 18.0 Å². The third kappa shape index (κ3) is 8.90. The van der Waals surface area contributed by atoms with Gasteiger partial charge >= 0.3 is 0 Å². The molecule has 242 valence electrons. The Balaban J connectivity index is 1.85. The zero-order chi connectivity index (χ0) is 33.6. The Morgan fingerprint density at radius 2 is 1.33 bits per heavy atom. The molecule has 2 amide bonds. The number of sulfonamides is 1. The Hall–Kier alpha value is -3.85. The number of benzene rings is 4. The van der Waals surface area contributed by atoms with Gasteiger partial charge in [0.05, 0.1) is 10.6 Å². The molecule has 4 aromatic rings. The van der Waals surface area contributed by atoms with Gasteiger partial charge in [0.2, 0.25) is 11.8 Å². The van der Waals surface area contributed by atoms with Crippen LogP contribution in [0.25, 0.3) is 0 Å². The number of aryl methyl sites for hydroxylation is 2. The minimum atomic E-state index is -4.20. The fraction of sp³-hybridized carbons (Fsp3) is 0.278. The lowest BCUT2D eigenvalue weighted by Gasteiger charge is -2.35. The SMILES string of the molecule is Cc1ccc(N(CC(=O)N(Cc2c(Cl)cccc2Cl)[C@@H](Cc2ccccc2)C(=O)NC(C)(C)C)S(=O)(=O)c2ccc(C)cc2)cc1. The molecule has 1 atom stereocenters. The van der Waals surface area contributed by atoms with Gasteiger partial charge in [-0.3, -0.25) is 13.9 Å². The average Bonchev–Trinajstić information content (AvgIpc) is 2.99. The maximum absolute atomic E-state index is 14.6. The molecule has 0 fully saturated rings. The maximum Gasteiger partial charge on any atom is 0.264 e. The molecule has 0 aromatic heterocycles. The lowest BCUT2D eigenvalue weighted by Crippen LogP contribution is -2.56. The summed E-state index contributed by atoms with van der Waals surface area (Å²) in [6, 6.07) is 26.7. The zero-order valence-electron chi connectivity index (χ0n) is 26.6. The molecule has 46 heavy (non-hydrogen) atoms. The van der Waals surface area contributed by atoms with E-state index in [-0.39, 0.29) is 17.9 Å². The zero-order valence-corrected chi connectivity index (χ0v) is 29.0. The van der Waals surface area contributed by atoms with Gasteiger partial charge in [0.15, 0.2) is 0 Å². The number of nitrogens with one attached hydrogen (secondary N) is 1. The number of rotatable bonds is 11. The van der Waals surface area contributed by atoms with Crippen LogP contribution in [0.5, 0.6) is 0 Å². The molecule has 0 aliphatic heterocycles. The molecule has 0 heterocycles. The smallest absolute Gasteiger partial charge is 0.264 e. The van der Waals surface area contributed by atoms with Crippen molar-refractivity contribution >= 4 is 50.7 Å². The number of amides is 2. The largest absolute Gasteiger partial charge is 0.350 e. The number of anilines is 1. The minimum Gasteiger partial charge on any atom is -0.350 e. The fourth-order valence-electron chi connectivity index (χ4n) is 4.94. The van der Waals surface area contributed by atoms with Gasteiger partial charge in [-0.1, -0.05) is 95.0 Å². The van der Waals surface area contributed by atoms with Crippen LogP contribution in [0, 0.1) is 13.8 Å². The molecule has 4 aromatic carbocycles. The first-order valence-corrected chi connectivity index (χ1v) is 17.1. The van der Waals surface area contributed by atoms with Crippen molar-refractivity contribution in [2.24, 2.45) is 0 Å². The van der Waals surface area contributed by atoms with Crippen molar-refractivity contribution in [3.8, 4) is 0 Å². The second-order valence-electron chi connectivity index (χ2n) is 12.3.